The summed E-state index contributed by atoms with van der Waals surface area (Å²) in [5.74, 6) is -0.634. The highest BCUT2D eigenvalue weighted by atomic mass is 79.9. The zero-order valence-electron chi connectivity index (χ0n) is 9.19. The molecule has 0 amide bonds. The van der Waals surface area contributed by atoms with Gasteiger partial charge in [-0.3, -0.25) is 4.79 Å². The molecule has 5 heteroatoms. The van der Waals surface area contributed by atoms with Gasteiger partial charge in [-0.15, -0.1) is 0 Å². The van der Waals surface area contributed by atoms with E-state index in [1.165, 1.54) is 19.2 Å². The highest BCUT2D eigenvalue weighted by Crippen LogP contribution is 2.19. The number of alkyl halides is 1. The molecule has 1 aromatic carbocycles. The highest BCUT2D eigenvalue weighted by Gasteiger charge is 2.16. The Balaban J connectivity index is 2.30. The smallest absolute Gasteiger partial charge is 0.321 e. The zero-order valence-corrected chi connectivity index (χ0v) is 10.8. The Bertz CT molecular complexity index is 552. The number of esters is 1. The number of carbonyl (C=O) groups excluding carboxylic acids is 1. The van der Waals surface area contributed by atoms with Crippen LogP contribution in [0.25, 0.3) is 10.9 Å². The third kappa shape index (κ3) is 2.49. The third-order valence-electron chi connectivity index (χ3n) is 2.55. The Labute approximate surface area is 106 Å². The van der Waals surface area contributed by atoms with Gasteiger partial charge in [-0.05, 0) is 29.7 Å². The van der Waals surface area contributed by atoms with Crippen molar-refractivity contribution in [2.75, 3.05) is 7.11 Å². The first-order chi connectivity index (χ1) is 8.11. The van der Waals surface area contributed by atoms with Crippen LogP contribution in [-0.4, -0.2) is 22.5 Å². The first kappa shape index (κ1) is 12.1. The van der Waals surface area contributed by atoms with Crippen LogP contribution in [0, 0.1) is 5.82 Å². The van der Waals surface area contributed by atoms with Crippen LogP contribution in [0.4, 0.5) is 4.39 Å². The van der Waals surface area contributed by atoms with Gasteiger partial charge in [0.1, 0.15) is 10.6 Å². The van der Waals surface area contributed by atoms with Gasteiger partial charge in [0.15, 0.2) is 0 Å². The lowest BCUT2D eigenvalue weighted by molar-refractivity contribution is -0.140. The molecule has 1 heterocycles. The SMILES string of the molecule is COC(=O)C(Br)Cn1ccc2ccc(F)cc21. The molecule has 0 aliphatic heterocycles. The summed E-state index contributed by atoms with van der Waals surface area (Å²) in [5.41, 5.74) is 0.762. The second kappa shape index (κ2) is 4.87. The molecule has 1 aromatic heterocycles. The van der Waals surface area contributed by atoms with Gasteiger partial charge in [-0.1, -0.05) is 15.9 Å². The van der Waals surface area contributed by atoms with Crippen LogP contribution in [0.1, 0.15) is 0 Å². The summed E-state index contributed by atoms with van der Waals surface area (Å²) in [6.45, 7) is 0.402. The number of halogens is 2. The quantitative estimate of drug-likeness (QED) is 0.644. The minimum absolute atomic E-state index is 0.290. The maximum Gasteiger partial charge on any atom is 0.321 e. The molecular formula is C12H11BrFNO2. The molecule has 90 valence electrons. The Morgan fingerprint density at radius 1 is 1.53 bits per heavy atom. The van der Waals surface area contributed by atoms with Gasteiger partial charge in [0.05, 0.1) is 12.6 Å². The molecule has 0 N–H and O–H groups in total. The van der Waals surface area contributed by atoms with Gasteiger partial charge in [0.25, 0.3) is 0 Å². The van der Waals surface area contributed by atoms with Crippen molar-refractivity contribution in [1.29, 1.82) is 0 Å². The second-order valence-corrected chi connectivity index (χ2v) is 4.77. The lowest BCUT2D eigenvalue weighted by atomic mass is 10.2. The molecule has 2 aromatic rings. The average Bonchev–Trinajstić information content (AvgIpc) is 2.71. The van der Waals surface area contributed by atoms with E-state index in [0.717, 1.165) is 10.9 Å². The van der Waals surface area contributed by atoms with E-state index in [1.54, 1.807) is 6.07 Å². The maximum atomic E-state index is 13.1. The molecule has 0 saturated carbocycles. The molecule has 0 saturated heterocycles. The lowest BCUT2D eigenvalue weighted by Crippen LogP contribution is -2.21. The topological polar surface area (TPSA) is 31.2 Å². The van der Waals surface area contributed by atoms with E-state index < -0.39 is 4.83 Å². The molecule has 0 spiro atoms. The van der Waals surface area contributed by atoms with Crippen LogP contribution < -0.4 is 0 Å². The Hall–Kier alpha value is -1.36. The summed E-state index contributed by atoms with van der Waals surface area (Å²) < 4.78 is 19.6. The molecule has 0 bridgehead atoms. The van der Waals surface area contributed by atoms with Gasteiger partial charge in [0.2, 0.25) is 0 Å². The van der Waals surface area contributed by atoms with Gasteiger partial charge >= 0.3 is 5.97 Å². The molecule has 0 aliphatic rings. The number of rotatable bonds is 3. The fourth-order valence-corrected chi connectivity index (χ4v) is 2.19. The lowest BCUT2D eigenvalue weighted by Gasteiger charge is -2.10. The number of fused-ring (bicyclic) bond motifs is 1. The number of nitrogens with zero attached hydrogens (tertiary/aromatic N) is 1. The van der Waals surface area contributed by atoms with Gasteiger partial charge in [-0.2, -0.15) is 0 Å². The summed E-state index contributed by atoms with van der Waals surface area (Å²) >= 11 is 3.24. The third-order valence-corrected chi connectivity index (χ3v) is 3.21. The van der Waals surface area contributed by atoms with E-state index in [0.29, 0.717) is 6.54 Å². The van der Waals surface area contributed by atoms with Crippen LogP contribution in [0.15, 0.2) is 30.5 Å². The number of aromatic nitrogens is 1. The summed E-state index contributed by atoms with van der Waals surface area (Å²) in [7, 11) is 1.34. The number of hydrogen-bond acceptors (Lipinski definition) is 2. The molecule has 1 atom stereocenters. The van der Waals surface area contributed by atoms with E-state index in [2.05, 4.69) is 20.7 Å². The van der Waals surface area contributed by atoms with Crippen molar-refractivity contribution in [2.24, 2.45) is 0 Å². The largest absolute Gasteiger partial charge is 0.468 e. The highest BCUT2D eigenvalue weighted by molar-refractivity contribution is 9.10. The van der Waals surface area contributed by atoms with Crippen molar-refractivity contribution in [3.63, 3.8) is 0 Å². The fraction of sp³-hybridized carbons (Fsp3) is 0.250. The standard InChI is InChI=1S/C12H11BrFNO2/c1-17-12(16)10(13)7-15-5-4-8-2-3-9(14)6-11(8)15/h2-6,10H,7H2,1H3. The van der Waals surface area contributed by atoms with Crippen molar-refractivity contribution in [1.82, 2.24) is 4.57 Å². The molecular weight excluding hydrogens is 289 g/mol. The minimum Gasteiger partial charge on any atom is -0.468 e. The van der Waals surface area contributed by atoms with Crippen molar-refractivity contribution in [3.8, 4) is 0 Å². The molecule has 17 heavy (non-hydrogen) atoms. The summed E-state index contributed by atoms with van der Waals surface area (Å²) in [6.07, 6.45) is 1.82. The Kier molecular flexibility index (Phi) is 3.47. The zero-order chi connectivity index (χ0) is 12.4. The number of ether oxygens (including phenoxy) is 1. The predicted molar refractivity (Wildman–Crippen MR) is 66.6 cm³/mol. The second-order valence-electron chi connectivity index (χ2n) is 3.66. The summed E-state index contributed by atoms with van der Waals surface area (Å²) in [4.78, 5) is 10.8. The first-order valence-corrected chi connectivity index (χ1v) is 5.99. The monoisotopic (exact) mass is 299 g/mol. The van der Waals surface area contributed by atoms with E-state index in [9.17, 15) is 9.18 Å². The van der Waals surface area contributed by atoms with E-state index >= 15 is 0 Å². The molecule has 3 nitrogen and oxygen atoms in total. The van der Waals surface area contributed by atoms with Crippen molar-refractivity contribution in [2.45, 2.75) is 11.4 Å². The summed E-state index contributed by atoms with van der Waals surface area (Å²) in [5, 5.41) is 0.941. The first-order valence-electron chi connectivity index (χ1n) is 5.08. The Morgan fingerprint density at radius 3 is 3.00 bits per heavy atom. The molecule has 0 radical (unpaired) electrons. The number of carbonyl (C=O) groups is 1. The van der Waals surface area contributed by atoms with E-state index in [4.69, 9.17) is 0 Å². The van der Waals surface area contributed by atoms with Crippen LogP contribution in [0.3, 0.4) is 0 Å². The summed E-state index contributed by atoms with van der Waals surface area (Å²) in [6, 6.07) is 6.46. The Morgan fingerprint density at radius 2 is 2.29 bits per heavy atom. The number of benzene rings is 1. The molecule has 2 rings (SSSR count). The molecule has 0 aliphatic carbocycles. The van der Waals surface area contributed by atoms with Crippen LogP contribution in [0.2, 0.25) is 0 Å². The normalized spacial score (nSPS) is 12.6. The average molecular weight is 300 g/mol. The van der Waals surface area contributed by atoms with Gasteiger partial charge in [0, 0.05) is 12.7 Å². The number of methoxy groups -OCH3 is 1. The molecule has 1 unspecified atom stereocenters. The van der Waals surface area contributed by atoms with E-state index in [-0.39, 0.29) is 11.8 Å². The van der Waals surface area contributed by atoms with Crippen molar-refractivity contribution >= 4 is 32.8 Å². The van der Waals surface area contributed by atoms with Crippen LogP contribution >= 0.6 is 15.9 Å². The predicted octanol–water partition coefficient (Wildman–Crippen LogP) is 2.72. The van der Waals surface area contributed by atoms with Crippen LogP contribution in [0.5, 0.6) is 0 Å². The van der Waals surface area contributed by atoms with Crippen LogP contribution in [-0.2, 0) is 16.1 Å². The number of hydrogen-bond donors (Lipinski definition) is 0. The maximum absolute atomic E-state index is 13.1. The van der Waals surface area contributed by atoms with Gasteiger partial charge in [-0.25, -0.2) is 4.39 Å². The van der Waals surface area contributed by atoms with Gasteiger partial charge < -0.3 is 9.30 Å². The molecule has 0 fully saturated rings. The van der Waals surface area contributed by atoms with E-state index in [1.807, 2.05) is 16.8 Å². The van der Waals surface area contributed by atoms with Crippen molar-refractivity contribution in [3.05, 3.63) is 36.3 Å². The fourth-order valence-electron chi connectivity index (χ4n) is 1.69. The minimum atomic E-state index is -0.439. The van der Waals surface area contributed by atoms with Crippen molar-refractivity contribution < 1.29 is 13.9 Å².